The van der Waals surface area contributed by atoms with Crippen LogP contribution in [0.2, 0.25) is 5.02 Å². The lowest BCUT2D eigenvalue weighted by atomic mass is 10.1. The Balaban J connectivity index is 3.32. The summed E-state index contributed by atoms with van der Waals surface area (Å²) in [6, 6.07) is 3.26. The van der Waals surface area contributed by atoms with Crippen LogP contribution in [0.1, 0.15) is 15.9 Å². The Bertz CT molecular complexity index is 361. The second-order valence-electron chi connectivity index (χ2n) is 2.80. The maximum Gasteiger partial charge on any atom is 0.341 e. The van der Waals surface area contributed by atoms with Crippen LogP contribution in [0.25, 0.3) is 0 Å². The molecule has 14 heavy (non-hydrogen) atoms. The first-order valence-corrected chi connectivity index (χ1v) is 4.40. The van der Waals surface area contributed by atoms with Gasteiger partial charge in [-0.05, 0) is 24.6 Å². The van der Waals surface area contributed by atoms with Crippen LogP contribution < -0.4 is 4.74 Å². The van der Waals surface area contributed by atoms with E-state index in [1.807, 2.05) is 6.92 Å². The van der Waals surface area contributed by atoms with Gasteiger partial charge in [0, 0.05) is 5.02 Å². The Morgan fingerprint density at radius 1 is 1.36 bits per heavy atom. The van der Waals surface area contributed by atoms with Crippen molar-refractivity contribution in [1.82, 2.24) is 0 Å². The molecule has 0 aliphatic carbocycles. The van der Waals surface area contributed by atoms with Crippen LogP contribution in [-0.2, 0) is 4.74 Å². The number of methoxy groups -OCH3 is 2. The molecule has 1 aromatic rings. The molecule has 0 aliphatic heterocycles. The lowest BCUT2D eigenvalue weighted by Crippen LogP contribution is -2.05. The van der Waals surface area contributed by atoms with E-state index in [1.165, 1.54) is 20.3 Å². The van der Waals surface area contributed by atoms with E-state index in [2.05, 4.69) is 4.74 Å². The summed E-state index contributed by atoms with van der Waals surface area (Å²) in [6.07, 6.45) is 0. The fourth-order valence-corrected chi connectivity index (χ4v) is 1.54. The van der Waals surface area contributed by atoms with Crippen LogP contribution in [0.4, 0.5) is 0 Å². The van der Waals surface area contributed by atoms with Crippen molar-refractivity contribution in [1.29, 1.82) is 0 Å². The van der Waals surface area contributed by atoms with E-state index in [1.54, 1.807) is 6.07 Å². The highest BCUT2D eigenvalue weighted by molar-refractivity contribution is 6.31. The number of halogens is 1. The molecule has 0 bridgehead atoms. The number of esters is 1. The highest BCUT2D eigenvalue weighted by atomic mass is 35.5. The molecule has 0 radical (unpaired) electrons. The molecule has 0 unspecified atom stereocenters. The Labute approximate surface area is 87.6 Å². The minimum atomic E-state index is -0.451. The highest BCUT2D eigenvalue weighted by Crippen LogP contribution is 2.27. The standard InChI is InChI=1S/C10H11ClO3/c1-6-4-7(11)5-8(9(6)13-2)10(12)14-3/h4-5H,1-3H3. The van der Waals surface area contributed by atoms with Crippen LogP contribution in [0.5, 0.6) is 5.75 Å². The van der Waals surface area contributed by atoms with Gasteiger partial charge in [-0.2, -0.15) is 0 Å². The maximum atomic E-state index is 11.3. The predicted molar refractivity (Wildman–Crippen MR) is 54.1 cm³/mol. The molecule has 0 heterocycles. The van der Waals surface area contributed by atoms with Crippen molar-refractivity contribution in [3.63, 3.8) is 0 Å². The molecule has 0 aliphatic rings. The molecular weight excluding hydrogens is 204 g/mol. The first kappa shape index (κ1) is 10.9. The summed E-state index contributed by atoms with van der Waals surface area (Å²) < 4.78 is 9.71. The lowest BCUT2D eigenvalue weighted by molar-refractivity contribution is 0.0597. The van der Waals surface area contributed by atoms with Crippen molar-refractivity contribution < 1.29 is 14.3 Å². The third-order valence-electron chi connectivity index (χ3n) is 1.85. The van der Waals surface area contributed by atoms with Gasteiger partial charge >= 0.3 is 5.97 Å². The van der Waals surface area contributed by atoms with Gasteiger partial charge in [-0.15, -0.1) is 0 Å². The molecule has 3 nitrogen and oxygen atoms in total. The fraction of sp³-hybridized carbons (Fsp3) is 0.300. The van der Waals surface area contributed by atoms with Gasteiger partial charge in [0.2, 0.25) is 0 Å². The topological polar surface area (TPSA) is 35.5 Å². The summed E-state index contributed by atoms with van der Waals surface area (Å²) in [5.74, 6) is 0.0497. The van der Waals surface area contributed by atoms with Gasteiger partial charge < -0.3 is 9.47 Å². The summed E-state index contributed by atoms with van der Waals surface area (Å²) in [4.78, 5) is 11.3. The van der Waals surface area contributed by atoms with Gasteiger partial charge in [0.25, 0.3) is 0 Å². The van der Waals surface area contributed by atoms with Crippen LogP contribution in [0.15, 0.2) is 12.1 Å². The third kappa shape index (κ3) is 1.99. The zero-order valence-corrected chi connectivity index (χ0v) is 9.01. The highest BCUT2D eigenvalue weighted by Gasteiger charge is 2.15. The van der Waals surface area contributed by atoms with Gasteiger partial charge in [-0.1, -0.05) is 11.6 Å². The smallest absolute Gasteiger partial charge is 0.341 e. The first-order valence-electron chi connectivity index (χ1n) is 4.02. The third-order valence-corrected chi connectivity index (χ3v) is 2.07. The van der Waals surface area contributed by atoms with Gasteiger partial charge in [0.15, 0.2) is 0 Å². The van der Waals surface area contributed by atoms with Gasteiger partial charge in [0.1, 0.15) is 11.3 Å². The second kappa shape index (κ2) is 4.33. The number of hydrogen-bond acceptors (Lipinski definition) is 3. The molecule has 76 valence electrons. The van der Waals surface area contributed by atoms with E-state index in [4.69, 9.17) is 16.3 Å². The van der Waals surface area contributed by atoms with Crippen LogP contribution in [0, 0.1) is 6.92 Å². The molecule has 0 saturated carbocycles. The summed E-state index contributed by atoms with van der Waals surface area (Å²) in [5.41, 5.74) is 1.15. The zero-order valence-electron chi connectivity index (χ0n) is 8.26. The van der Waals surface area contributed by atoms with E-state index in [0.717, 1.165) is 5.56 Å². The molecular formula is C10H11ClO3. The van der Waals surface area contributed by atoms with Gasteiger partial charge in [0.05, 0.1) is 14.2 Å². The van der Waals surface area contributed by atoms with Crippen molar-refractivity contribution in [2.24, 2.45) is 0 Å². The largest absolute Gasteiger partial charge is 0.496 e. The number of benzene rings is 1. The SMILES string of the molecule is COC(=O)c1cc(Cl)cc(C)c1OC. The molecule has 0 N–H and O–H groups in total. The van der Waals surface area contributed by atoms with Crippen molar-refractivity contribution in [2.75, 3.05) is 14.2 Å². The molecule has 0 fully saturated rings. The molecule has 1 aromatic carbocycles. The van der Waals surface area contributed by atoms with Crippen LogP contribution in [0.3, 0.4) is 0 Å². The minimum Gasteiger partial charge on any atom is -0.496 e. The van der Waals surface area contributed by atoms with Crippen molar-refractivity contribution >= 4 is 17.6 Å². The number of rotatable bonds is 2. The van der Waals surface area contributed by atoms with Crippen LogP contribution in [-0.4, -0.2) is 20.2 Å². The predicted octanol–water partition coefficient (Wildman–Crippen LogP) is 2.44. The first-order chi connectivity index (χ1) is 6.60. The molecule has 1 rings (SSSR count). The van der Waals surface area contributed by atoms with E-state index in [0.29, 0.717) is 16.3 Å². The fourth-order valence-electron chi connectivity index (χ4n) is 1.26. The van der Waals surface area contributed by atoms with Crippen molar-refractivity contribution in [3.8, 4) is 5.75 Å². The number of aryl methyl sites for hydroxylation is 1. The normalized spacial score (nSPS) is 9.71. The molecule has 0 saturated heterocycles. The average Bonchev–Trinajstić information content (AvgIpc) is 2.15. The van der Waals surface area contributed by atoms with Crippen molar-refractivity contribution in [3.05, 3.63) is 28.3 Å². The molecule has 4 heteroatoms. The quantitative estimate of drug-likeness (QED) is 0.710. The van der Waals surface area contributed by atoms with E-state index in [9.17, 15) is 4.79 Å². The van der Waals surface area contributed by atoms with E-state index in [-0.39, 0.29) is 0 Å². The second-order valence-corrected chi connectivity index (χ2v) is 3.23. The monoisotopic (exact) mass is 214 g/mol. The van der Waals surface area contributed by atoms with Gasteiger partial charge in [-0.3, -0.25) is 0 Å². The Morgan fingerprint density at radius 3 is 2.50 bits per heavy atom. The molecule has 0 atom stereocenters. The summed E-state index contributed by atoms with van der Waals surface area (Å²) in [7, 11) is 2.82. The van der Waals surface area contributed by atoms with Crippen LogP contribution >= 0.6 is 11.6 Å². The summed E-state index contributed by atoms with van der Waals surface area (Å²) >= 11 is 5.82. The summed E-state index contributed by atoms with van der Waals surface area (Å²) in [6.45, 7) is 1.82. The summed E-state index contributed by atoms with van der Waals surface area (Å²) in [5, 5.41) is 0.490. The molecule has 0 spiro atoms. The number of hydrogen-bond donors (Lipinski definition) is 0. The number of carbonyl (C=O) groups is 1. The molecule has 0 aromatic heterocycles. The Hall–Kier alpha value is -1.22. The minimum absolute atomic E-state index is 0.347. The Kier molecular flexibility index (Phi) is 3.36. The maximum absolute atomic E-state index is 11.3. The average molecular weight is 215 g/mol. The Morgan fingerprint density at radius 2 is 2.00 bits per heavy atom. The van der Waals surface area contributed by atoms with E-state index < -0.39 is 5.97 Å². The van der Waals surface area contributed by atoms with E-state index >= 15 is 0 Å². The number of ether oxygens (including phenoxy) is 2. The van der Waals surface area contributed by atoms with Gasteiger partial charge in [-0.25, -0.2) is 4.79 Å². The lowest BCUT2D eigenvalue weighted by Gasteiger charge is -2.09. The van der Waals surface area contributed by atoms with Crippen molar-refractivity contribution in [2.45, 2.75) is 6.92 Å². The number of carbonyl (C=O) groups excluding carboxylic acids is 1. The molecule has 0 amide bonds. The zero-order chi connectivity index (χ0) is 10.7.